The normalized spacial score (nSPS) is 27.2. The Kier molecular flexibility index (Phi) is 5.30. The molecule has 0 aromatic heterocycles. The predicted octanol–water partition coefficient (Wildman–Crippen LogP) is -0.472. The van der Waals surface area contributed by atoms with Gasteiger partial charge in [0.25, 0.3) is 0 Å². The van der Waals surface area contributed by atoms with Gasteiger partial charge in [0.1, 0.15) is 0 Å². The lowest BCUT2D eigenvalue weighted by molar-refractivity contribution is -0.146. The molecule has 0 saturated heterocycles. The monoisotopic (exact) mass is 292 g/mol. The summed E-state index contributed by atoms with van der Waals surface area (Å²) >= 11 is 0. The minimum atomic E-state index is -3.62. The van der Waals surface area contributed by atoms with Crippen LogP contribution in [0.25, 0.3) is 0 Å². The van der Waals surface area contributed by atoms with Gasteiger partial charge in [0, 0.05) is 6.54 Å². The second kappa shape index (κ2) is 6.33. The molecule has 0 bridgehead atoms. The first-order valence-electron chi connectivity index (χ1n) is 6.25. The van der Waals surface area contributed by atoms with Gasteiger partial charge >= 0.3 is 5.97 Å². The number of aliphatic carboxylic acids is 1. The number of sulfonamides is 1. The van der Waals surface area contributed by atoms with Crippen molar-refractivity contribution in [2.75, 3.05) is 12.3 Å². The summed E-state index contributed by atoms with van der Waals surface area (Å²) in [4.78, 5) is 23.0. The van der Waals surface area contributed by atoms with E-state index in [0.29, 0.717) is 12.8 Å². The molecule has 1 aliphatic carbocycles. The summed E-state index contributed by atoms with van der Waals surface area (Å²) in [7, 11) is -3.62. The van der Waals surface area contributed by atoms with Crippen molar-refractivity contribution in [1.29, 1.82) is 0 Å². The number of carbonyl (C=O) groups excluding carboxylic acids is 1. The maximum Gasteiger partial charge on any atom is 0.307 e. The minimum absolute atomic E-state index is 0.0860. The van der Waals surface area contributed by atoms with E-state index < -0.39 is 33.7 Å². The van der Waals surface area contributed by atoms with Crippen LogP contribution in [0.3, 0.4) is 0 Å². The first-order valence-corrected chi connectivity index (χ1v) is 7.97. The molecule has 3 unspecified atom stereocenters. The maximum atomic E-state index is 11.9. The van der Waals surface area contributed by atoms with Gasteiger partial charge in [-0.25, -0.2) is 13.6 Å². The molecule has 110 valence electrons. The molecule has 0 radical (unpaired) electrons. The van der Waals surface area contributed by atoms with Crippen LogP contribution in [0.15, 0.2) is 0 Å². The Balaban J connectivity index is 2.57. The molecule has 0 aliphatic heterocycles. The summed E-state index contributed by atoms with van der Waals surface area (Å²) in [6, 6.07) is 0. The summed E-state index contributed by atoms with van der Waals surface area (Å²) < 4.78 is 21.5. The molecule has 7 nitrogen and oxygen atoms in total. The number of hydrogen-bond acceptors (Lipinski definition) is 4. The minimum Gasteiger partial charge on any atom is -0.481 e. The lowest BCUT2D eigenvalue weighted by atomic mass is 9.95. The van der Waals surface area contributed by atoms with Crippen LogP contribution >= 0.6 is 0 Å². The smallest absolute Gasteiger partial charge is 0.307 e. The number of amides is 1. The predicted molar refractivity (Wildman–Crippen MR) is 68.6 cm³/mol. The van der Waals surface area contributed by atoms with Crippen molar-refractivity contribution < 1.29 is 23.1 Å². The van der Waals surface area contributed by atoms with Gasteiger partial charge in [-0.15, -0.1) is 0 Å². The van der Waals surface area contributed by atoms with Gasteiger partial charge in [0.15, 0.2) is 0 Å². The lowest BCUT2D eigenvalue weighted by Crippen LogP contribution is -2.38. The Morgan fingerprint density at radius 2 is 1.89 bits per heavy atom. The second-order valence-electron chi connectivity index (χ2n) is 4.95. The van der Waals surface area contributed by atoms with Crippen molar-refractivity contribution in [3.8, 4) is 0 Å². The van der Waals surface area contributed by atoms with Crippen LogP contribution < -0.4 is 10.5 Å². The molecule has 8 heteroatoms. The highest BCUT2D eigenvalue weighted by Gasteiger charge is 2.41. The van der Waals surface area contributed by atoms with Crippen LogP contribution in [0.4, 0.5) is 0 Å². The third-order valence-electron chi connectivity index (χ3n) is 3.58. The molecule has 19 heavy (non-hydrogen) atoms. The van der Waals surface area contributed by atoms with Gasteiger partial charge in [-0.1, -0.05) is 13.3 Å². The first-order chi connectivity index (χ1) is 8.74. The third-order valence-corrected chi connectivity index (χ3v) is 4.35. The molecular weight excluding hydrogens is 272 g/mol. The van der Waals surface area contributed by atoms with Gasteiger partial charge in [-0.2, -0.15) is 0 Å². The van der Waals surface area contributed by atoms with E-state index in [1.54, 1.807) is 0 Å². The zero-order chi connectivity index (χ0) is 14.6. The van der Waals surface area contributed by atoms with Crippen LogP contribution in [0.2, 0.25) is 0 Å². The second-order valence-corrected chi connectivity index (χ2v) is 6.69. The summed E-state index contributed by atoms with van der Waals surface area (Å²) in [5.74, 6) is -2.74. The SMILES string of the molecule is CCC1CC(C(=O)O)C(C(=O)NCCS(N)(=O)=O)C1. The molecule has 1 saturated carbocycles. The van der Waals surface area contributed by atoms with E-state index in [1.807, 2.05) is 6.92 Å². The Hall–Kier alpha value is -1.15. The lowest BCUT2D eigenvalue weighted by Gasteiger charge is -2.15. The highest BCUT2D eigenvalue weighted by atomic mass is 32.2. The molecule has 3 atom stereocenters. The molecule has 0 heterocycles. The van der Waals surface area contributed by atoms with Crippen molar-refractivity contribution >= 4 is 21.9 Å². The number of carboxylic acids is 1. The molecule has 1 aliphatic rings. The van der Waals surface area contributed by atoms with Gasteiger partial charge in [-0.05, 0) is 18.8 Å². The van der Waals surface area contributed by atoms with E-state index in [2.05, 4.69) is 5.32 Å². The van der Waals surface area contributed by atoms with E-state index in [1.165, 1.54) is 0 Å². The zero-order valence-electron chi connectivity index (χ0n) is 10.8. The van der Waals surface area contributed by atoms with Crippen LogP contribution in [0.5, 0.6) is 0 Å². The maximum absolute atomic E-state index is 11.9. The molecule has 0 spiro atoms. The van der Waals surface area contributed by atoms with E-state index >= 15 is 0 Å². The fourth-order valence-electron chi connectivity index (χ4n) is 2.49. The molecule has 0 aromatic carbocycles. The van der Waals surface area contributed by atoms with Crippen LogP contribution in [0, 0.1) is 17.8 Å². The quantitative estimate of drug-likeness (QED) is 0.610. The molecule has 0 aromatic rings. The highest BCUT2D eigenvalue weighted by Crippen LogP contribution is 2.38. The summed E-state index contributed by atoms with van der Waals surface area (Å²) in [5.41, 5.74) is 0. The van der Waals surface area contributed by atoms with Crippen molar-refractivity contribution in [3.05, 3.63) is 0 Å². The molecule has 1 amide bonds. The number of nitrogens with two attached hydrogens (primary N) is 1. The summed E-state index contributed by atoms with van der Waals surface area (Å²) in [6.45, 7) is 1.88. The molecule has 4 N–H and O–H groups in total. The van der Waals surface area contributed by atoms with Crippen molar-refractivity contribution in [2.24, 2.45) is 22.9 Å². The van der Waals surface area contributed by atoms with Crippen molar-refractivity contribution in [2.45, 2.75) is 26.2 Å². The Bertz CT molecular complexity index is 448. The van der Waals surface area contributed by atoms with E-state index in [9.17, 15) is 18.0 Å². The van der Waals surface area contributed by atoms with Gasteiger partial charge < -0.3 is 10.4 Å². The van der Waals surface area contributed by atoms with Crippen LogP contribution in [-0.2, 0) is 19.6 Å². The van der Waals surface area contributed by atoms with Crippen molar-refractivity contribution in [1.82, 2.24) is 5.32 Å². The van der Waals surface area contributed by atoms with E-state index in [-0.39, 0.29) is 18.2 Å². The van der Waals surface area contributed by atoms with Crippen LogP contribution in [0.1, 0.15) is 26.2 Å². The summed E-state index contributed by atoms with van der Waals surface area (Å²) in [5, 5.41) is 16.4. The number of primary sulfonamides is 1. The Labute approximate surface area is 112 Å². The highest BCUT2D eigenvalue weighted by molar-refractivity contribution is 7.89. The fraction of sp³-hybridized carbons (Fsp3) is 0.818. The largest absolute Gasteiger partial charge is 0.481 e. The number of carboxylic acid groups (broad SMARTS) is 1. The van der Waals surface area contributed by atoms with Crippen molar-refractivity contribution in [3.63, 3.8) is 0 Å². The number of nitrogens with one attached hydrogen (secondary N) is 1. The number of carbonyl (C=O) groups is 2. The third kappa shape index (κ3) is 4.79. The standard InChI is InChI=1S/C11H20N2O5S/c1-2-7-5-8(9(6-7)11(15)16)10(14)13-3-4-19(12,17)18/h7-9H,2-6H2,1H3,(H,13,14)(H,15,16)(H2,12,17,18). The average molecular weight is 292 g/mol. The Morgan fingerprint density at radius 1 is 1.32 bits per heavy atom. The molecule has 1 fully saturated rings. The zero-order valence-corrected chi connectivity index (χ0v) is 11.6. The number of hydrogen-bond donors (Lipinski definition) is 3. The average Bonchev–Trinajstić information content (AvgIpc) is 2.71. The fourth-order valence-corrected chi connectivity index (χ4v) is 2.87. The number of rotatable bonds is 6. The summed E-state index contributed by atoms with van der Waals surface area (Å²) in [6.07, 6.45) is 1.87. The van der Waals surface area contributed by atoms with Gasteiger partial charge in [-0.3, -0.25) is 9.59 Å². The molecule has 1 rings (SSSR count). The van der Waals surface area contributed by atoms with E-state index in [4.69, 9.17) is 10.2 Å². The van der Waals surface area contributed by atoms with Crippen LogP contribution in [-0.4, -0.2) is 37.7 Å². The van der Waals surface area contributed by atoms with Gasteiger partial charge in [0.05, 0.1) is 17.6 Å². The van der Waals surface area contributed by atoms with E-state index in [0.717, 1.165) is 6.42 Å². The molecular formula is C11H20N2O5S. The Morgan fingerprint density at radius 3 is 2.37 bits per heavy atom. The van der Waals surface area contributed by atoms with Gasteiger partial charge in [0.2, 0.25) is 15.9 Å². The topological polar surface area (TPSA) is 127 Å². The first kappa shape index (κ1) is 15.9.